The third-order valence-corrected chi connectivity index (χ3v) is 5.17. The first-order valence-electron chi connectivity index (χ1n) is 7.21. The number of hydrogen-bond acceptors (Lipinski definition) is 0. The molecule has 0 bridgehead atoms. The highest BCUT2D eigenvalue weighted by Gasteiger charge is 2.27. The van der Waals surface area contributed by atoms with Gasteiger partial charge in [0, 0.05) is 5.92 Å². The van der Waals surface area contributed by atoms with Gasteiger partial charge < -0.3 is 0 Å². The molecule has 0 heterocycles. The van der Waals surface area contributed by atoms with Crippen LogP contribution in [0.1, 0.15) is 42.4 Å². The molecule has 104 valence electrons. The smallest absolute Gasteiger partial charge is 0.0595 e. The normalized spacial score (nSPS) is 21.6. The number of fused-ring (bicyclic) bond motifs is 1. The van der Waals surface area contributed by atoms with Gasteiger partial charge in [0.1, 0.15) is 0 Å². The Morgan fingerprint density at radius 2 is 1.85 bits per heavy atom. The van der Waals surface area contributed by atoms with Gasteiger partial charge in [0.15, 0.2) is 0 Å². The van der Waals surface area contributed by atoms with Gasteiger partial charge in [-0.15, -0.1) is 0 Å². The first-order chi connectivity index (χ1) is 9.69. The van der Waals surface area contributed by atoms with Gasteiger partial charge in [-0.2, -0.15) is 0 Å². The fourth-order valence-corrected chi connectivity index (χ4v) is 3.58. The van der Waals surface area contributed by atoms with E-state index in [1.165, 1.54) is 36.0 Å². The minimum Gasteiger partial charge on any atom is -0.0827 e. The molecule has 0 fully saturated rings. The van der Waals surface area contributed by atoms with Crippen molar-refractivity contribution in [2.45, 2.75) is 32.1 Å². The fraction of sp³-hybridized carbons (Fsp3) is 0.333. The van der Waals surface area contributed by atoms with Crippen molar-refractivity contribution in [3.8, 4) is 0 Å². The van der Waals surface area contributed by atoms with Crippen molar-refractivity contribution in [2.75, 3.05) is 0 Å². The van der Waals surface area contributed by atoms with E-state index in [1.54, 1.807) is 0 Å². The zero-order valence-corrected chi connectivity index (χ0v) is 13.1. The molecule has 0 aromatic heterocycles. The number of benzene rings is 2. The second-order valence-corrected chi connectivity index (χ2v) is 6.45. The minimum atomic E-state index is 0.444. The van der Waals surface area contributed by atoms with Crippen LogP contribution >= 0.6 is 23.2 Å². The van der Waals surface area contributed by atoms with Gasteiger partial charge in [-0.3, -0.25) is 0 Å². The molecular formula is C18H18Cl2. The zero-order chi connectivity index (χ0) is 14.1. The summed E-state index contributed by atoms with van der Waals surface area (Å²) in [6, 6.07) is 14.9. The number of rotatable bonds is 2. The summed E-state index contributed by atoms with van der Waals surface area (Å²) >= 11 is 12.2. The van der Waals surface area contributed by atoms with Crippen LogP contribution < -0.4 is 0 Å². The molecule has 0 N–H and O–H groups in total. The van der Waals surface area contributed by atoms with Crippen molar-refractivity contribution in [3.05, 3.63) is 69.2 Å². The molecule has 2 heteroatoms. The van der Waals surface area contributed by atoms with Crippen LogP contribution in [0, 0.1) is 5.92 Å². The third kappa shape index (κ3) is 2.60. The summed E-state index contributed by atoms with van der Waals surface area (Å²) in [5.41, 5.74) is 4.22. The standard InChI is InChI=1S/C18H18Cl2/c1-2-12-9-13-5-3-4-6-15(13)16(10-12)14-7-8-17(19)18(20)11-14/h3-8,11-12,16H,2,9-10H2,1H3/t12-,16+/m0/s1. The van der Waals surface area contributed by atoms with E-state index in [9.17, 15) is 0 Å². The van der Waals surface area contributed by atoms with Crippen LogP contribution in [0.4, 0.5) is 0 Å². The fourth-order valence-electron chi connectivity index (χ4n) is 3.27. The molecule has 1 aliphatic carbocycles. The maximum atomic E-state index is 6.20. The lowest BCUT2D eigenvalue weighted by Gasteiger charge is -2.31. The van der Waals surface area contributed by atoms with Crippen LogP contribution in [0.25, 0.3) is 0 Å². The molecule has 0 spiro atoms. The molecule has 3 rings (SSSR count). The van der Waals surface area contributed by atoms with Crippen LogP contribution in [-0.2, 0) is 6.42 Å². The van der Waals surface area contributed by atoms with E-state index in [-0.39, 0.29) is 0 Å². The number of hydrogen-bond donors (Lipinski definition) is 0. The van der Waals surface area contributed by atoms with Crippen LogP contribution in [0.2, 0.25) is 10.0 Å². The van der Waals surface area contributed by atoms with E-state index >= 15 is 0 Å². The number of halogens is 2. The molecule has 0 aliphatic heterocycles. The molecule has 2 aromatic rings. The van der Waals surface area contributed by atoms with Crippen LogP contribution in [0.15, 0.2) is 42.5 Å². The van der Waals surface area contributed by atoms with E-state index in [0.717, 1.165) is 5.92 Å². The molecule has 0 unspecified atom stereocenters. The van der Waals surface area contributed by atoms with E-state index in [2.05, 4.69) is 37.3 Å². The highest BCUT2D eigenvalue weighted by molar-refractivity contribution is 6.42. The lowest BCUT2D eigenvalue weighted by molar-refractivity contribution is 0.416. The first-order valence-corrected chi connectivity index (χ1v) is 7.97. The summed E-state index contributed by atoms with van der Waals surface area (Å²) in [7, 11) is 0. The first kappa shape index (κ1) is 14.0. The molecule has 0 amide bonds. The molecule has 0 saturated carbocycles. The van der Waals surface area contributed by atoms with Crippen molar-refractivity contribution >= 4 is 23.2 Å². The van der Waals surface area contributed by atoms with Crippen molar-refractivity contribution in [2.24, 2.45) is 5.92 Å². The van der Waals surface area contributed by atoms with Crippen molar-refractivity contribution < 1.29 is 0 Å². The highest BCUT2D eigenvalue weighted by Crippen LogP contribution is 2.41. The third-order valence-electron chi connectivity index (χ3n) is 4.43. The predicted octanol–water partition coefficient (Wildman–Crippen LogP) is 6.10. The molecule has 2 atom stereocenters. The Balaban J connectivity index is 2.05. The van der Waals surface area contributed by atoms with E-state index < -0.39 is 0 Å². The Bertz CT molecular complexity index is 619. The Labute approximate surface area is 130 Å². The zero-order valence-electron chi connectivity index (χ0n) is 11.6. The predicted molar refractivity (Wildman–Crippen MR) is 86.8 cm³/mol. The van der Waals surface area contributed by atoms with Crippen molar-refractivity contribution in [1.82, 2.24) is 0 Å². The summed E-state index contributed by atoms with van der Waals surface area (Å²) in [5.74, 6) is 1.20. The van der Waals surface area contributed by atoms with Gasteiger partial charge in [-0.05, 0) is 47.6 Å². The lowest BCUT2D eigenvalue weighted by Crippen LogP contribution is -2.19. The highest BCUT2D eigenvalue weighted by atomic mass is 35.5. The Hall–Kier alpha value is -0.980. The van der Waals surface area contributed by atoms with Gasteiger partial charge >= 0.3 is 0 Å². The maximum absolute atomic E-state index is 6.20. The Kier molecular flexibility index (Phi) is 4.05. The van der Waals surface area contributed by atoms with Gasteiger partial charge in [0.25, 0.3) is 0 Å². The topological polar surface area (TPSA) is 0 Å². The van der Waals surface area contributed by atoms with E-state index in [0.29, 0.717) is 16.0 Å². The van der Waals surface area contributed by atoms with Crippen LogP contribution in [0.3, 0.4) is 0 Å². The van der Waals surface area contributed by atoms with Crippen molar-refractivity contribution in [3.63, 3.8) is 0 Å². The molecular weight excluding hydrogens is 287 g/mol. The van der Waals surface area contributed by atoms with E-state index in [1.807, 2.05) is 12.1 Å². The molecule has 0 nitrogen and oxygen atoms in total. The summed E-state index contributed by atoms with van der Waals surface area (Å²) in [5, 5.41) is 1.28. The lowest BCUT2D eigenvalue weighted by atomic mass is 9.73. The Morgan fingerprint density at radius 1 is 1.05 bits per heavy atom. The molecule has 1 aliphatic rings. The SMILES string of the molecule is CC[C@H]1Cc2ccccc2[C@@H](c2ccc(Cl)c(Cl)c2)C1. The van der Waals surface area contributed by atoms with Crippen LogP contribution in [-0.4, -0.2) is 0 Å². The quantitative estimate of drug-likeness (QED) is 0.629. The van der Waals surface area contributed by atoms with E-state index in [4.69, 9.17) is 23.2 Å². The van der Waals surface area contributed by atoms with Gasteiger partial charge in [-0.25, -0.2) is 0 Å². The summed E-state index contributed by atoms with van der Waals surface area (Å²) < 4.78 is 0. The maximum Gasteiger partial charge on any atom is 0.0595 e. The van der Waals surface area contributed by atoms with Gasteiger partial charge in [-0.1, -0.05) is 66.9 Å². The monoisotopic (exact) mass is 304 g/mol. The van der Waals surface area contributed by atoms with Gasteiger partial charge in [0.2, 0.25) is 0 Å². The summed E-state index contributed by atoms with van der Waals surface area (Å²) in [4.78, 5) is 0. The van der Waals surface area contributed by atoms with Crippen molar-refractivity contribution in [1.29, 1.82) is 0 Å². The molecule has 20 heavy (non-hydrogen) atoms. The van der Waals surface area contributed by atoms with Gasteiger partial charge in [0.05, 0.1) is 10.0 Å². The minimum absolute atomic E-state index is 0.444. The molecule has 0 saturated heterocycles. The molecule has 2 aromatic carbocycles. The van der Waals surface area contributed by atoms with Crippen LogP contribution in [0.5, 0.6) is 0 Å². The summed E-state index contributed by atoms with van der Waals surface area (Å²) in [6.45, 7) is 2.28. The second kappa shape index (κ2) is 5.79. The largest absolute Gasteiger partial charge is 0.0827 e. The average Bonchev–Trinajstić information content (AvgIpc) is 2.49. The average molecular weight is 305 g/mol. The summed E-state index contributed by atoms with van der Waals surface area (Å²) in [6.07, 6.45) is 3.63. The Morgan fingerprint density at radius 3 is 2.60 bits per heavy atom. The molecule has 0 radical (unpaired) electrons. The second-order valence-electron chi connectivity index (χ2n) is 5.64.